The zero-order chi connectivity index (χ0) is 39.9. The molecule has 4 heterocycles. The number of ketones is 2. The Morgan fingerprint density at radius 1 is 0.912 bits per heavy atom. The first-order chi connectivity index (χ1) is 27.6. The molecule has 0 aliphatic heterocycles. The van der Waals surface area contributed by atoms with E-state index in [1.54, 1.807) is 18.5 Å². The van der Waals surface area contributed by atoms with E-state index in [-0.39, 0.29) is 42.5 Å². The number of fused-ring (bicyclic) bond motifs is 1. The molecule has 4 aromatic heterocycles. The maximum atomic E-state index is 13.3. The fourth-order valence-electron chi connectivity index (χ4n) is 8.55. The largest absolute Gasteiger partial charge is 0.351 e. The lowest BCUT2D eigenvalue weighted by atomic mass is 9.83. The molecule has 0 spiro atoms. The molecule has 7 rings (SSSR count). The van der Waals surface area contributed by atoms with Crippen molar-refractivity contribution < 1.29 is 14.4 Å². The van der Waals surface area contributed by atoms with Gasteiger partial charge in [-0.3, -0.25) is 23.6 Å². The summed E-state index contributed by atoms with van der Waals surface area (Å²) in [4.78, 5) is 64.8. The third kappa shape index (κ3) is 10.5. The van der Waals surface area contributed by atoms with Crippen LogP contribution in [0.2, 0.25) is 5.02 Å². The highest BCUT2D eigenvalue weighted by atomic mass is 35.5. The number of nitrogens with zero attached hydrogens (tertiary/aromatic N) is 6. The van der Waals surface area contributed by atoms with Gasteiger partial charge >= 0.3 is 6.03 Å². The second-order valence-corrected chi connectivity index (χ2v) is 17.8. The van der Waals surface area contributed by atoms with Gasteiger partial charge in [0.25, 0.3) is 5.56 Å². The van der Waals surface area contributed by atoms with Crippen molar-refractivity contribution in [3.05, 3.63) is 49.5 Å². The van der Waals surface area contributed by atoms with E-state index in [2.05, 4.69) is 31.0 Å². The Hall–Kier alpha value is -4.17. The molecule has 3 aliphatic carbocycles. The molecule has 306 valence electrons. The summed E-state index contributed by atoms with van der Waals surface area (Å²) in [5, 5.41) is 16.7. The molecule has 3 N–H and O–H groups in total. The summed E-state index contributed by atoms with van der Waals surface area (Å²) >= 11 is 7.95. The van der Waals surface area contributed by atoms with Crippen molar-refractivity contribution in [1.82, 2.24) is 39.9 Å². The average Bonchev–Trinajstić information content (AvgIpc) is 3.82. The first kappa shape index (κ1) is 41.0. The first-order valence-corrected chi connectivity index (χ1v) is 22.3. The molecular formula is C42H56ClN9O4S. The van der Waals surface area contributed by atoms with Gasteiger partial charge in [0.2, 0.25) is 5.95 Å². The molecule has 13 nitrogen and oxygen atoms in total. The summed E-state index contributed by atoms with van der Waals surface area (Å²) in [6.45, 7) is 2.59. The number of urea groups is 1. The number of carbonyl (C=O) groups is 3. The average molecular weight is 818 g/mol. The van der Waals surface area contributed by atoms with Gasteiger partial charge in [-0.25, -0.2) is 19.7 Å². The number of hydrogen-bond acceptors (Lipinski definition) is 10. The van der Waals surface area contributed by atoms with E-state index in [4.69, 9.17) is 16.6 Å². The Balaban J connectivity index is 0.727. The molecule has 2 amide bonds. The number of nitrogens with one attached hydrogen (secondary N) is 3. The molecule has 0 radical (unpaired) electrons. The van der Waals surface area contributed by atoms with Gasteiger partial charge in [0.05, 0.1) is 57.9 Å². The fraction of sp³-hybridized carbons (Fsp3) is 0.619. The Kier molecular flexibility index (Phi) is 13.7. The van der Waals surface area contributed by atoms with E-state index in [9.17, 15) is 19.2 Å². The third-order valence-corrected chi connectivity index (χ3v) is 13.3. The molecule has 1 atom stereocenters. The lowest BCUT2D eigenvalue weighted by Gasteiger charge is -2.29. The molecule has 3 aliphatic rings. The zero-order valence-corrected chi connectivity index (χ0v) is 34.9. The van der Waals surface area contributed by atoms with Gasteiger partial charge in [-0.1, -0.05) is 56.5 Å². The Labute approximate surface area is 343 Å². The maximum absolute atomic E-state index is 13.3. The standard InChI is InChI=1S/C42H56ClN9O4S/c1-26-48-39-32(40(55)52(26)34-18-17-30(53)21-36(34)54)25-57-37(39)24-46-42(56)44-19-9-7-5-3-4-6-8-10-27-13-15-29(16-14-27)49-41-45-23-33(43)38(50-41)31-22-47-51(2)35(31)20-28-11-12-28/h22-23,25,27-29,34H,3-21,24H2,1-2H3,(H2,44,46,56)(H,45,49,50). The predicted molar refractivity (Wildman–Crippen MR) is 224 cm³/mol. The molecule has 15 heteroatoms. The van der Waals surface area contributed by atoms with Crippen molar-refractivity contribution in [2.45, 2.75) is 141 Å². The number of aryl methyl sites for hydroxylation is 2. The van der Waals surface area contributed by atoms with Crippen molar-refractivity contribution in [1.29, 1.82) is 0 Å². The van der Waals surface area contributed by atoms with Crippen molar-refractivity contribution in [2.24, 2.45) is 18.9 Å². The second-order valence-electron chi connectivity index (χ2n) is 16.4. The first-order valence-electron chi connectivity index (χ1n) is 21.0. The third-order valence-electron chi connectivity index (χ3n) is 12.1. The highest BCUT2D eigenvalue weighted by Crippen LogP contribution is 2.37. The highest BCUT2D eigenvalue weighted by Gasteiger charge is 2.31. The maximum Gasteiger partial charge on any atom is 0.315 e. The fourth-order valence-corrected chi connectivity index (χ4v) is 9.64. The van der Waals surface area contributed by atoms with Crippen LogP contribution in [0.5, 0.6) is 0 Å². The van der Waals surface area contributed by atoms with Crippen LogP contribution in [0.1, 0.15) is 132 Å². The number of Topliss-reactive ketones (excluding diaryl/α,β-unsaturated/α-hetero) is 2. The number of amides is 2. The quantitative estimate of drug-likeness (QED) is 0.0666. The van der Waals surface area contributed by atoms with Crippen LogP contribution < -0.4 is 21.5 Å². The normalized spacial score (nSPS) is 19.9. The van der Waals surface area contributed by atoms with E-state index in [1.165, 1.54) is 85.8 Å². The Bertz CT molecular complexity index is 2120. The van der Waals surface area contributed by atoms with Crippen LogP contribution in [0.3, 0.4) is 0 Å². The molecule has 3 saturated carbocycles. The molecule has 0 saturated heterocycles. The SMILES string of the molecule is Cc1nc2c(CNC(=O)NCCCCCCCCCC3CCC(Nc4ncc(Cl)c(-c5cnn(C)c5CC5CC5)n4)CC3)scc2c(=O)n1C1CCC(=O)CC1=O. The zero-order valence-electron chi connectivity index (χ0n) is 33.3. The summed E-state index contributed by atoms with van der Waals surface area (Å²) in [6, 6.07) is -0.507. The number of rotatable bonds is 18. The number of thiophene rings is 1. The summed E-state index contributed by atoms with van der Waals surface area (Å²) in [6.07, 6.45) is 22.0. The number of unbranched alkanes of at least 4 members (excludes halogenated alkanes) is 6. The topological polar surface area (TPSA) is 166 Å². The van der Waals surface area contributed by atoms with Gasteiger partial charge in [-0.05, 0) is 76.5 Å². The smallest absolute Gasteiger partial charge is 0.315 e. The van der Waals surface area contributed by atoms with Crippen LogP contribution >= 0.6 is 22.9 Å². The van der Waals surface area contributed by atoms with E-state index in [0.29, 0.717) is 46.7 Å². The second kappa shape index (κ2) is 19.1. The Morgan fingerprint density at radius 3 is 2.40 bits per heavy atom. The van der Waals surface area contributed by atoms with Crippen LogP contribution in [0.4, 0.5) is 10.7 Å². The molecule has 0 aromatic carbocycles. The number of carbonyl (C=O) groups excluding carboxylic acids is 3. The summed E-state index contributed by atoms with van der Waals surface area (Å²) in [7, 11) is 2.00. The van der Waals surface area contributed by atoms with Crippen LogP contribution in [0.15, 0.2) is 22.6 Å². The van der Waals surface area contributed by atoms with Crippen LogP contribution in [-0.2, 0) is 29.6 Å². The van der Waals surface area contributed by atoms with Crippen LogP contribution in [0, 0.1) is 18.8 Å². The van der Waals surface area contributed by atoms with Gasteiger partial charge in [0, 0.05) is 42.7 Å². The molecule has 4 aromatic rings. The molecule has 3 fully saturated rings. The summed E-state index contributed by atoms with van der Waals surface area (Å²) in [5.74, 6) is 2.32. The minimum Gasteiger partial charge on any atom is -0.351 e. The van der Waals surface area contributed by atoms with Gasteiger partial charge in [0.15, 0.2) is 5.78 Å². The van der Waals surface area contributed by atoms with Gasteiger partial charge < -0.3 is 16.0 Å². The number of aromatic nitrogens is 6. The van der Waals surface area contributed by atoms with Crippen molar-refractivity contribution in [3.63, 3.8) is 0 Å². The van der Waals surface area contributed by atoms with E-state index in [1.807, 2.05) is 17.9 Å². The van der Waals surface area contributed by atoms with Gasteiger partial charge in [0.1, 0.15) is 11.6 Å². The lowest BCUT2D eigenvalue weighted by Crippen LogP contribution is -2.36. The number of anilines is 1. The monoisotopic (exact) mass is 817 g/mol. The summed E-state index contributed by atoms with van der Waals surface area (Å²) < 4.78 is 3.39. The molecule has 1 unspecified atom stereocenters. The molecule has 0 bridgehead atoms. The van der Waals surface area contributed by atoms with Crippen LogP contribution in [0.25, 0.3) is 22.2 Å². The molecular weight excluding hydrogens is 762 g/mol. The summed E-state index contributed by atoms with van der Waals surface area (Å²) in [5.41, 5.74) is 3.27. The Morgan fingerprint density at radius 2 is 1.65 bits per heavy atom. The van der Waals surface area contributed by atoms with E-state index in [0.717, 1.165) is 60.1 Å². The van der Waals surface area contributed by atoms with Crippen molar-refractivity contribution >= 4 is 57.4 Å². The van der Waals surface area contributed by atoms with Crippen molar-refractivity contribution in [2.75, 3.05) is 11.9 Å². The predicted octanol–water partition coefficient (Wildman–Crippen LogP) is 8.02. The minimum absolute atomic E-state index is 0.0838. The minimum atomic E-state index is -0.651. The number of halogens is 1. The number of hydrogen-bond donors (Lipinski definition) is 3. The van der Waals surface area contributed by atoms with E-state index >= 15 is 0 Å². The highest BCUT2D eigenvalue weighted by molar-refractivity contribution is 7.11. The van der Waals surface area contributed by atoms with Gasteiger partial charge in [-0.15, -0.1) is 11.3 Å². The van der Waals surface area contributed by atoms with E-state index < -0.39 is 6.04 Å². The lowest BCUT2D eigenvalue weighted by molar-refractivity contribution is -0.132. The van der Waals surface area contributed by atoms with Gasteiger partial charge in [-0.2, -0.15) is 5.10 Å². The van der Waals surface area contributed by atoms with Crippen LogP contribution in [-0.4, -0.2) is 59.5 Å². The van der Waals surface area contributed by atoms with Crippen molar-refractivity contribution in [3.8, 4) is 11.3 Å². The molecule has 57 heavy (non-hydrogen) atoms.